The van der Waals surface area contributed by atoms with E-state index < -0.39 is 23.2 Å². The molecule has 1 saturated heterocycles. The summed E-state index contributed by atoms with van der Waals surface area (Å²) in [6, 6.07) is 22.1. The molecule has 0 saturated carbocycles. The fraction of sp³-hybridized carbons (Fsp3) is 0.323. The summed E-state index contributed by atoms with van der Waals surface area (Å²) in [5, 5.41) is 25.9. The number of carbonyl (C=O) groups is 1. The number of carbonyl (C=O) groups excluding carboxylic acids is 1. The Kier molecular flexibility index (Phi) is 8.33. The van der Waals surface area contributed by atoms with E-state index >= 15 is 0 Å². The number of hydrogen-bond donors (Lipinski definition) is 2. The molecule has 1 fully saturated rings. The van der Waals surface area contributed by atoms with Crippen molar-refractivity contribution in [2.45, 2.75) is 37.7 Å². The third-order valence-corrected chi connectivity index (χ3v) is 7.91. The van der Waals surface area contributed by atoms with Gasteiger partial charge in [-0.3, -0.25) is 19.8 Å². The van der Waals surface area contributed by atoms with E-state index in [1.807, 2.05) is 36.4 Å². The lowest BCUT2D eigenvalue weighted by Crippen LogP contribution is -2.53. The Hall–Kier alpha value is -4.22. The first-order valence-electron chi connectivity index (χ1n) is 13.7. The van der Waals surface area contributed by atoms with Gasteiger partial charge in [0, 0.05) is 54.8 Å². The number of alkyl halides is 3. The van der Waals surface area contributed by atoms with Crippen LogP contribution < -0.4 is 5.32 Å². The van der Waals surface area contributed by atoms with E-state index in [-0.39, 0.29) is 53.6 Å². The molecule has 0 bridgehead atoms. The average Bonchev–Trinajstić information content (AvgIpc) is 3.34. The van der Waals surface area contributed by atoms with E-state index in [0.29, 0.717) is 19.4 Å². The number of benzene rings is 3. The van der Waals surface area contributed by atoms with Crippen LogP contribution in [0.2, 0.25) is 0 Å². The fourth-order valence-electron chi connectivity index (χ4n) is 5.57. The van der Waals surface area contributed by atoms with Crippen molar-refractivity contribution in [3.63, 3.8) is 0 Å². The lowest BCUT2D eigenvalue weighted by molar-refractivity contribution is -0.384. The summed E-state index contributed by atoms with van der Waals surface area (Å²) in [6.07, 6.45) is -3.07. The number of nitro groups is 1. The monoisotopic (exact) mass is 580 g/mol. The highest BCUT2D eigenvalue weighted by molar-refractivity contribution is 5.87. The Balaban J connectivity index is 1.38. The zero-order valence-electron chi connectivity index (χ0n) is 22.8. The number of nitrogens with one attached hydrogen (secondary N) is 1. The predicted octanol–water partition coefficient (Wildman–Crippen LogP) is 5.38. The van der Waals surface area contributed by atoms with Gasteiger partial charge in [-0.25, -0.2) is 0 Å². The maximum absolute atomic E-state index is 14.7. The topological polar surface area (TPSA) is 101 Å². The second kappa shape index (κ2) is 11.9. The second-order valence-corrected chi connectivity index (χ2v) is 10.7. The van der Waals surface area contributed by atoms with E-state index in [4.69, 9.17) is 0 Å². The molecule has 0 spiro atoms. The van der Waals surface area contributed by atoms with Gasteiger partial charge in [0.05, 0.1) is 10.4 Å². The Labute approximate surface area is 240 Å². The zero-order chi connectivity index (χ0) is 29.9. The molecule has 5 rings (SSSR count). The van der Waals surface area contributed by atoms with Gasteiger partial charge in [-0.2, -0.15) is 13.2 Å². The minimum atomic E-state index is -5.04. The first-order valence-corrected chi connectivity index (χ1v) is 13.7. The minimum absolute atomic E-state index is 0.0894. The molecule has 1 unspecified atom stereocenters. The smallest absolute Gasteiger partial charge is 0.375 e. The molecule has 8 nitrogen and oxygen atoms in total. The minimum Gasteiger partial charge on any atom is -0.375 e. The number of aromatic nitrogens is 1. The van der Waals surface area contributed by atoms with Gasteiger partial charge in [0.15, 0.2) is 0 Å². The first kappa shape index (κ1) is 29.3. The average molecular weight is 581 g/mol. The summed E-state index contributed by atoms with van der Waals surface area (Å²) >= 11 is 0. The van der Waals surface area contributed by atoms with Crippen molar-refractivity contribution in [3.05, 3.63) is 112 Å². The van der Waals surface area contributed by atoms with Crippen molar-refractivity contribution in [1.29, 1.82) is 0 Å². The standard InChI is InChI=1S/C31H31F3N4O4/c32-31(33,34)30(40,21-36-15-13-24(14-16-36)29(39)35-18-22-7-3-1-4-8-22)27-20-37(19-23-9-5-2-6-10-23)28-17-25(38(41)42)11-12-26(27)28/h1-12,17,20,24,40H,13-16,18-19,21H2,(H,35,39). The number of nitro benzene ring substituents is 1. The number of hydrogen-bond acceptors (Lipinski definition) is 5. The van der Waals surface area contributed by atoms with E-state index in [9.17, 15) is 33.2 Å². The van der Waals surface area contributed by atoms with E-state index in [1.165, 1.54) is 27.8 Å². The van der Waals surface area contributed by atoms with Crippen LogP contribution in [0.15, 0.2) is 85.1 Å². The van der Waals surface area contributed by atoms with Gasteiger partial charge in [-0.15, -0.1) is 0 Å². The van der Waals surface area contributed by atoms with Gasteiger partial charge < -0.3 is 15.0 Å². The Morgan fingerprint density at radius 2 is 1.60 bits per heavy atom. The van der Waals surface area contributed by atoms with E-state index in [0.717, 1.165) is 17.2 Å². The van der Waals surface area contributed by atoms with Crippen LogP contribution in [0.4, 0.5) is 18.9 Å². The molecular formula is C31H31F3N4O4. The maximum Gasteiger partial charge on any atom is 0.422 e. The van der Waals surface area contributed by atoms with Crippen LogP contribution in [-0.2, 0) is 23.5 Å². The highest BCUT2D eigenvalue weighted by Crippen LogP contribution is 2.44. The number of aliphatic hydroxyl groups is 1. The van der Waals surface area contributed by atoms with Crippen LogP contribution in [0.3, 0.4) is 0 Å². The SMILES string of the molecule is O=C(NCc1ccccc1)C1CCN(CC(O)(c2cn(Cc3ccccc3)c3cc([N+](=O)[O-])ccc23)C(F)(F)F)CC1. The molecule has 0 aliphatic carbocycles. The van der Waals surface area contributed by atoms with Crippen molar-refractivity contribution in [3.8, 4) is 0 Å². The van der Waals surface area contributed by atoms with Crippen LogP contribution in [0.25, 0.3) is 10.9 Å². The number of β-amino-alcohol motifs (C(OH)–C–C–N with tert-alkyl or cyclic N) is 1. The number of nitrogens with zero attached hydrogens (tertiary/aromatic N) is 3. The summed E-state index contributed by atoms with van der Waals surface area (Å²) in [4.78, 5) is 25.1. The third kappa shape index (κ3) is 6.17. The number of fused-ring (bicyclic) bond motifs is 1. The molecular weight excluding hydrogens is 549 g/mol. The number of halogens is 3. The van der Waals surface area contributed by atoms with Crippen molar-refractivity contribution in [1.82, 2.24) is 14.8 Å². The van der Waals surface area contributed by atoms with Crippen molar-refractivity contribution < 1.29 is 28.0 Å². The van der Waals surface area contributed by atoms with Gasteiger partial charge in [0.2, 0.25) is 11.5 Å². The van der Waals surface area contributed by atoms with E-state index in [1.54, 1.807) is 24.3 Å². The Morgan fingerprint density at radius 3 is 2.19 bits per heavy atom. The maximum atomic E-state index is 14.7. The lowest BCUT2D eigenvalue weighted by Gasteiger charge is -2.38. The number of likely N-dealkylation sites (tertiary alicyclic amines) is 1. The van der Waals surface area contributed by atoms with Gasteiger partial charge >= 0.3 is 6.18 Å². The zero-order valence-corrected chi connectivity index (χ0v) is 22.8. The molecule has 1 aliphatic heterocycles. The van der Waals surface area contributed by atoms with Crippen LogP contribution >= 0.6 is 0 Å². The molecule has 1 amide bonds. The molecule has 0 radical (unpaired) electrons. The number of piperidine rings is 1. The highest BCUT2D eigenvalue weighted by Gasteiger charge is 2.57. The highest BCUT2D eigenvalue weighted by atomic mass is 19.4. The van der Waals surface area contributed by atoms with Crippen molar-refractivity contribution in [2.24, 2.45) is 5.92 Å². The van der Waals surface area contributed by atoms with Crippen LogP contribution in [0.1, 0.15) is 29.5 Å². The summed E-state index contributed by atoms with van der Waals surface area (Å²) < 4.78 is 45.7. The molecule has 2 N–H and O–H groups in total. The molecule has 3 aromatic carbocycles. The van der Waals surface area contributed by atoms with Crippen LogP contribution in [-0.4, -0.2) is 51.2 Å². The molecule has 220 valence electrons. The molecule has 11 heteroatoms. The molecule has 1 aromatic heterocycles. The summed E-state index contributed by atoms with van der Waals surface area (Å²) in [5.41, 5.74) is -1.90. The van der Waals surface area contributed by atoms with Crippen molar-refractivity contribution in [2.75, 3.05) is 19.6 Å². The largest absolute Gasteiger partial charge is 0.422 e. The number of non-ortho nitro benzene ring substituents is 1. The van der Waals surface area contributed by atoms with Gasteiger partial charge in [-0.05, 0) is 43.1 Å². The second-order valence-electron chi connectivity index (χ2n) is 10.7. The molecule has 42 heavy (non-hydrogen) atoms. The number of amides is 1. The van der Waals surface area contributed by atoms with Gasteiger partial charge in [0.1, 0.15) is 0 Å². The Morgan fingerprint density at radius 1 is 0.976 bits per heavy atom. The van der Waals surface area contributed by atoms with E-state index in [2.05, 4.69) is 5.32 Å². The van der Waals surface area contributed by atoms with Gasteiger partial charge in [-0.1, -0.05) is 60.7 Å². The van der Waals surface area contributed by atoms with Crippen LogP contribution in [0.5, 0.6) is 0 Å². The lowest BCUT2D eigenvalue weighted by atomic mass is 9.89. The summed E-state index contributed by atoms with van der Waals surface area (Å²) in [7, 11) is 0. The first-order chi connectivity index (χ1) is 20.0. The quantitative estimate of drug-likeness (QED) is 0.205. The molecule has 2 heterocycles. The van der Waals surface area contributed by atoms with Crippen molar-refractivity contribution >= 4 is 22.5 Å². The fourth-order valence-corrected chi connectivity index (χ4v) is 5.57. The summed E-state index contributed by atoms with van der Waals surface area (Å²) in [6.45, 7) is 0.219. The molecule has 1 aliphatic rings. The third-order valence-electron chi connectivity index (χ3n) is 7.91. The molecule has 1 atom stereocenters. The molecule has 4 aromatic rings. The Bertz CT molecular complexity index is 1550. The summed E-state index contributed by atoms with van der Waals surface area (Å²) in [5.74, 6) is -0.479. The number of rotatable bonds is 9. The van der Waals surface area contributed by atoms with Crippen LogP contribution in [0, 0.1) is 16.0 Å². The normalized spacial score (nSPS) is 16.3. The van der Waals surface area contributed by atoms with Gasteiger partial charge in [0.25, 0.3) is 5.69 Å². The predicted molar refractivity (Wildman–Crippen MR) is 152 cm³/mol.